The molecule has 29 heavy (non-hydrogen) atoms. The molecule has 1 N–H and O–H groups in total. The number of benzene rings is 2. The van der Waals surface area contributed by atoms with Gasteiger partial charge in [-0.3, -0.25) is 4.79 Å². The molecule has 2 aromatic carbocycles. The van der Waals surface area contributed by atoms with E-state index in [1.807, 2.05) is 0 Å². The van der Waals surface area contributed by atoms with Gasteiger partial charge in [0.1, 0.15) is 11.6 Å². The predicted molar refractivity (Wildman–Crippen MR) is 103 cm³/mol. The zero-order valence-corrected chi connectivity index (χ0v) is 17.1. The molecule has 1 aliphatic carbocycles. The maximum absolute atomic E-state index is 13.9. The van der Waals surface area contributed by atoms with Crippen LogP contribution in [-0.4, -0.2) is 30.8 Å². The lowest BCUT2D eigenvalue weighted by Gasteiger charge is -2.17. The normalized spacial score (nSPS) is 22.0. The van der Waals surface area contributed by atoms with Crippen LogP contribution in [0.3, 0.4) is 0 Å². The first-order valence-electron chi connectivity index (χ1n) is 8.57. The van der Waals surface area contributed by atoms with Crippen molar-refractivity contribution >= 4 is 39.0 Å². The maximum Gasteiger partial charge on any atom is 0.309 e. The molecule has 1 saturated carbocycles. The largest absolute Gasteiger partial charge is 0.481 e. The first-order chi connectivity index (χ1) is 13.6. The van der Waals surface area contributed by atoms with Crippen molar-refractivity contribution in [3.8, 4) is 0 Å². The van der Waals surface area contributed by atoms with E-state index >= 15 is 0 Å². The summed E-state index contributed by atoms with van der Waals surface area (Å²) in [5.74, 6) is -4.25. The van der Waals surface area contributed by atoms with Crippen molar-refractivity contribution in [3.05, 3.63) is 63.6 Å². The Bertz CT molecular complexity index is 1020. The van der Waals surface area contributed by atoms with E-state index in [0.717, 1.165) is 12.1 Å². The van der Waals surface area contributed by atoms with E-state index in [9.17, 15) is 27.1 Å². The molecule has 0 unspecified atom stereocenters. The van der Waals surface area contributed by atoms with E-state index in [1.54, 1.807) is 6.07 Å². The first kappa shape index (κ1) is 22.0. The average molecular weight is 465 g/mol. The molecule has 3 atom stereocenters. The number of rotatable bonds is 6. The number of carboxylic acids is 1. The SMILES string of the molecule is O=C(O)[C@H]1C[C@H](S(=O)(=O)c2ccccc2Cl)C[C@@H]1OCc1c(F)cc(Cl)cc1F. The summed E-state index contributed by atoms with van der Waals surface area (Å²) in [6.45, 7) is -0.553. The molecule has 1 aliphatic rings. The summed E-state index contributed by atoms with van der Waals surface area (Å²) in [7, 11) is -3.91. The Labute approximate surface area is 176 Å². The fourth-order valence-electron chi connectivity index (χ4n) is 3.41. The molecular formula is C19H16Cl2F2O5S. The van der Waals surface area contributed by atoms with Crippen molar-refractivity contribution in [2.24, 2.45) is 5.92 Å². The third-order valence-electron chi connectivity index (χ3n) is 4.91. The number of carboxylic acid groups (broad SMARTS) is 1. The second-order valence-corrected chi connectivity index (χ2v) is 9.75. The van der Waals surface area contributed by atoms with Crippen LogP contribution in [0.1, 0.15) is 18.4 Å². The van der Waals surface area contributed by atoms with Crippen LogP contribution in [0.2, 0.25) is 10.0 Å². The van der Waals surface area contributed by atoms with Crippen molar-refractivity contribution in [1.82, 2.24) is 0 Å². The molecule has 1 fully saturated rings. The molecule has 0 amide bonds. The maximum atomic E-state index is 13.9. The Balaban J connectivity index is 1.82. The minimum atomic E-state index is -3.91. The molecule has 0 radical (unpaired) electrons. The van der Waals surface area contributed by atoms with Crippen molar-refractivity contribution in [1.29, 1.82) is 0 Å². The third kappa shape index (κ3) is 4.55. The van der Waals surface area contributed by atoms with Crippen molar-refractivity contribution in [3.63, 3.8) is 0 Å². The summed E-state index contributed by atoms with van der Waals surface area (Å²) in [5.41, 5.74) is -0.407. The van der Waals surface area contributed by atoms with Crippen LogP contribution in [0, 0.1) is 17.6 Å². The van der Waals surface area contributed by atoms with E-state index in [0.29, 0.717) is 0 Å². The van der Waals surface area contributed by atoms with Crippen LogP contribution >= 0.6 is 23.2 Å². The number of hydrogen-bond acceptors (Lipinski definition) is 4. The number of hydrogen-bond donors (Lipinski definition) is 1. The van der Waals surface area contributed by atoms with Gasteiger partial charge in [0, 0.05) is 10.6 Å². The molecule has 10 heteroatoms. The zero-order valence-electron chi connectivity index (χ0n) is 14.8. The van der Waals surface area contributed by atoms with Gasteiger partial charge in [0.15, 0.2) is 9.84 Å². The Morgan fingerprint density at radius 1 is 1.14 bits per heavy atom. The second-order valence-electron chi connectivity index (χ2n) is 6.71. The Morgan fingerprint density at radius 3 is 2.34 bits per heavy atom. The van der Waals surface area contributed by atoms with Crippen molar-refractivity contribution < 1.29 is 31.8 Å². The molecule has 0 saturated heterocycles. The topological polar surface area (TPSA) is 80.7 Å². The van der Waals surface area contributed by atoms with Gasteiger partial charge in [0.25, 0.3) is 0 Å². The molecule has 2 aromatic rings. The number of ether oxygens (including phenoxy) is 1. The monoisotopic (exact) mass is 464 g/mol. The van der Waals surface area contributed by atoms with E-state index in [-0.39, 0.29) is 27.8 Å². The third-order valence-corrected chi connectivity index (χ3v) is 7.80. The van der Waals surface area contributed by atoms with Crippen LogP contribution in [0.4, 0.5) is 8.78 Å². The average Bonchev–Trinajstić information content (AvgIpc) is 3.06. The Kier molecular flexibility index (Phi) is 6.48. The summed E-state index contributed by atoms with van der Waals surface area (Å²) in [5, 5.41) is 8.33. The van der Waals surface area contributed by atoms with E-state index in [2.05, 4.69) is 0 Å². The second kappa shape index (κ2) is 8.55. The number of carbonyl (C=O) groups is 1. The van der Waals surface area contributed by atoms with Gasteiger partial charge in [0.05, 0.1) is 33.8 Å². The van der Waals surface area contributed by atoms with Crippen LogP contribution in [0.15, 0.2) is 41.3 Å². The highest BCUT2D eigenvalue weighted by molar-refractivity contribution is 7.92. The van der Waals surface area contributed by atoms with Crippen LogP contribution in [-0.2, 0) is 26.0 Å². The lowest BCUT2D eigenvalue weighted by Crippen LogP contribution is -2.25. The van der Waals surface area contributed by atoms with E-state index < -0.39 is 56.9 Å². The van der Waals surface area contributed by atoms with Gasteiger partial charge < -0.3 is 9.84 Å². The molecule has 0 bridgehead atoms. The Morgan fingerprint density at radius 2 is 1.76 bits per heavy atom. The molecular weight excluding hydrogens is 449 g/mol. The zero-order chi connectivity index (χ0) is 21.3. The number of halogens is 4. The number of aliphatic carboxylic acids is 1. The van der Waals surface area contributed by atoms with E-state index in [1.165, 1.54) is 18.2 Å². The van der Waals surface area contributed by atoms with Crippen molar-refractivity contribution in [2.45, 2.75) is 35.7 Å². The van der Waals surface area contributed by atoms with Gasteiger partial charge in [-0.15, -0.1) is 0 Å². The predicted octanol–water partition coefficient (Wildman–Crippen LogP) is 4.49. The highest BCUT2D eigenvalue weighted by atomic mass is 35.5. The van der Waals surface area contributed by atoms with Gasteiger partial charge in [-0.25, -0.2) is 17.2 Å². The van der Waals surface area contributed by atoms with Gasteiger partial charge in [0.2, 0.25) is 0 Å². The molecule has 0 spiro atoms. The molecule has 156 valence electrons. The van der Waals surface area contributed by atoms with Gasteiger partial charge in [-0.2, -0.15) is 0 Å². The van der Waals surface area contributed by atoms with Gasteiger partial charge in [-0.1, -0.05) is 35.3 Å². The standard InChI is InChI=1S/C19H16Cl2F2O5S/c20-10-5-15(22)13(16(23)6-10)9-28-17-8-11(7-12(17)19(24)25)29(26,27)18-4-2-1-3-14(18)21/h1-6,11-12,17H,7-9H2,(H,24,25)/t11-,12-,17-/m0/s1. The summed E-state index contributed by atoms with van der Waals surface area (Å²) in [6.07, 6.45) is -1.37. The highest BCUT2D eigenvalue weighted by Gasteiger charge is 2.46. The molecule has 0 heterocycles. The minimum absolute atomic E-state index is 0.0362. The molecule has 0 aromatic heterocycles. The molecule has 0 aliphatic heterocycles. The summed E-state index contributed by atoms with van der Waals surface area (Å²) >= 11 is 11.6. The highest BCUT2D eigenvalue weighted by Crippen LogP contribution is 2.38. The fourth-order valence-corrected chi connectivity index (χ4v) is 5.93. The summed E-state index contributed by atoms with van der Waals surface area (Å²) < 4.78 is 59.2. The number of sulfone groups is 1. The lowest BCUT2D eigenvalue weighted by molar-refractivity contribution is -0.146. The minimum Gasteiger partial charge on any atom is -0.481 e. The van der Waals surface area contributed by atoms with E-state index in [4.69, 9.17) is 27.9 Å². The van der Waals surface area contributed by atoms with Crippen LogP contribution in [0.25, 0.3) is 0 Å². The molecule has 5 nitrogen and oxygen atoms in total. The Hall–Kier alpha value is -1.74. The summed E-state index contributed by atoms with van der Waals surface area (Å²) in [6, 6.07) is 7.70. The van der Waals surface area contributed by atoms with Gasteiger partial charge >= 0.3 is 5.97 Å². The fraction of sp³-hybridized carbons (Fsp3) is 0.316. The lowest BCUT2D eigenvalue weighted by atomic mass is 10.1. The van der Waals surface area contributed by atoms with Crippen molar-refractivity contribution in [2.75, 3.05) is 0 Å². The summed E-state index contributed by atoms with van der Waals surface area (Å²) in [4.78, 5) is 11.5. The molecule has 3 rings (SSSR count). The quantitative estimate of drug-likeness (QED) is 0.680. The first-order valence-corrected chi connectivity index (χ1v) is 10.9. The van der Waals surface area contributed by atoms with Gasteiger partial charge in [-0.05, 0) is 37.1 Å². The van der Waals surface area contributed by atoms with Crippen LogP contribution in [0.5, 0.6) is 0 Å². The van der Waals surface area contributed by atoms with Crippen LogP contribution < -0.4 is 0 Å². The smallest absolute Gasteiger partial charge is 0.309 e.